The number of carbonyl (C=O) groups excluding carboxylic acids is 3. The molecule has 2 N–H and O–H groups in total. The van der Waals surface area contributed by atoms with E-state index in [1.807, 2.05) is 6.07 Å². The third kappa shape index (κ3) is 15.9. The molecule has 14 nitrogen and oxygen atoms in total. The van der Waals surface area contributed by atoms with Gasteiger partial charge in [-0.1, -0.05) is 0 Å². The van der Waals surface area contributed by atoms with Gasteiger partial charge in [-0.15, -0.1) is 0 Å². The van der Waals surface area contributed by atoms with Crippen molar-refractivity contribution in [3.8, 4) is 6.07 Å². The molecule has 2 atom stereocenters. The summed E-state index contributed by atoms with van der Waals surface area (Å²) in [4.78, 5) is 37.9. The molecule has 1 saturated carbocycles. The number of rotatable bonds is 23. The second-order valence-electron chi connectivity index (χ2n) is 10.7. The number of ether oxygens (including phenoxy) is 5. The van der Waals surface area contributed by atoms with E-state index in [9.17, 15) is 19.6 Å². The Morgan fingerprint density at radius 3 is 2.04 bits per heavy atom. The first-order valence-electron chi connectivity index (χ1n) is 15.2. The monoisotopic (exact) mass is 776 g/mol. The number of amides is 3. The van der Waals surface area contributed by atoms with Crippen LogP contribution in [0.5, 0.6) is 0 Å². The average Bonchev–Trinajstić information content (AvgIpc) is 3.81. The van der Waals surface area contributed by atoms with E-state index >= 15 is 0 Å². The number of aryl methyl sites for hydroxylation is 1. The number of nitrogens with zero attached hydrogens (tertiary/aromatic N) is 4. The van der Waals surface area contributed by atoms with Gasteiger partial charge in [0.05, 0.1) is 77.7 Å². The molecule has 2 unspecified atom stereocenters. The third-order valence-electron chi connectivity index (χ3n) is 7.28. The molecule has 3 rings (SSSR count). The van der Waals surface area contributed by atoms with Gasteiger partial charge in [0.2, 0.25) is 5.91 Å². The molecule has 2 heterocycles. The third-order valence-corrected chi connectivity index (χ3v) is 7.28. The molecule has 0 aromatic carbocycles. The first-order valence-corrected chi connectivity index (χ1v) is 15.2. The first kappa shape index (κ1) is 39.1. The van der Waals surface area contributed by atoms with E-state index in [0.717, 1.165) is 19.3 Å². The quantitative estimate of drug-likeness (QED) is 0.0511. The van der Waals surface area contributed by atoms with Gasteiger partial charge in [-0.05, 0) is 43.2 Å². The predicted octanol–water partition coefficient (Wildman–Crippen LogP) is 0.0578. The Kier molecular flexibility index (Phi) is 20.2. The second kappa shape index (κ2) is 23.3. The van der Waals surface area contributed by atoms with Gasteiger partial charge in [0, 0.05) is 78.0 Å². The number of carbonyl (C=O) groups is 2. The minimum absolute atomic E-state index is 0. The maximum atomic E-state index is 13.2. The van der Waals surface area contributed by atoms with Crippen molar-refractivity contribution in [3.63, 3.8) is 0 Å². The molecule has 0 bridgehead atoms. The molecule has 1 aromatic heterocycles. The predicted molar refractivity (Wildman–Crippen MR) is 158 cm³/mol. The molecule has 3 amide bonds. The summed E-state index contributed by atoms with van der Waals surface area (Å²) >= 11 is 0. The molecule has 45 heavy (non-hydrogen) atoms. The van der Waals surface area contributed by atoms with E-state index in [2.05, 4.69) is 15.7 Å². The van der Waals surface area contributed by atoms with Crippen molar-refractivity contribution in [3.05, 3.63) is 23.5 Å². The van der Waals surface area contributed by atoms with Gasteiger partial charge in [-0.3, -0.25) is 14.3 Å². The molecule has 1 aliphatic carbocycles. The van der Waals surface area contributed by atoms with Crippen LogP contribution < -0.4 is 10.6 Å². The Morgan fingerprint density at radius 1 is 0.956 bits per heavy atom. The summed E-state index contributed by atoms with van der Waals surface area (Å²) in [5.41, 5.74) is 0.566. The topological polar surface area (TPSA) is 166 Å². The van der Waals surface area contributed by atoms with Gasteiger partial charge in [0.1, 0.15) is 11.6 Å². The van der Waals surface area contributed by atoms with E-state index < -0.39 is 0 Å². The van der Waals surface area contributed by atoms with E-state index in [1.165, 1.54) is 6.08 Å². The van der Waals surface area contributed by atoms with E-state index in [0.29, 0.717) is 97.3 Å². The molecule has 1 aliphatic heterocycles. The first-order chi connectivity index (χ1) is 21.5. The number of nitrogens with one attached hydrogen (secondary N) is 2. The van der Waals surface area contributed by atoms with Crippen LogP contribution in [0.4, 0.5) is 0 Å². The molecule has 15 heteroatoms. The molecule has 2 aliphatic rings. The van der Waals surface area contributed by atoms with Crippen LogP contribution >= 0.6 is 0 Å². The summed E-state index contributed by atoms with van der Waals surface area (Å²) in [6.45, 7) is 5.93. The summed E-state index contributed by atoms with van der Waals surface area (Å²) in [6, 6.07) is 3.76. The van der Waals surface area contributed by atoms with E-state index in [-0.39, 0.29) is 74.4 Å². The van der Waals surface area contributed by atoms with Crippen LogP contribution in [0.3, 0.4) is 0 Å². The van der Waals surface area contributed by atoms with Crippen molar-refractivity contribution in [2.24, 2.45) is 24.8 Å². The van der Waals surface area contributed by atoms with Crippen molar-refractivity contribution < 1.29 is 76.7 Å². The fourth-order valence-corrected chi connectivity index (χ4v) is 4.92. The van der Waals surface area contributed by atoms with Gasteiger partial charge in [0.15, 0.2) is 0 Å². The Bertz CT molecular complexity index is 1090. The summed E-state index contributed by atoms with van der Waals surface area (Å²) < 4.78 is 28.7. The van der Waals surface area contributed by atoms with Crippen molar-refractivity contribution in [2.45, 2.75) is 19.3 Å². The van der Waals surface area contributed by atoms with Crippen LogP contribution in [0, 0.1) is 67.7 Å². The Balaban J connectivity index is 0.00000705. The Labute approximate surface area is 295 Å². The van der Waals surface area contributed by atoms with Crippen LogP contribution in [0.2, 0.25) is 0 Å². The SMILES string of the molecule is Cn1ccc(/C=C(\C#N)C(=O)N2CC(C(=O)NCCOCCOCCOCCOCCOCCN[C-]=O)CC(C3CC3)C2)n1.[Tb]. The van der Waals surface area contributed by atoms with E-state index in [4.69, 9.17) is 23.7 Å². The molecule has 1 aromatic rings. The fourth-order valence-electron chi connectivity index (χ4n) is 4.92. The van der Waals surface area contributed by atoms with Crippen LogP contribution in [-0.4, -0.2) is 125 Å². The number of hydrogen-bond donors (Lipinski definition) is 2. The minimum atomic E-state index is -0.356. The van der Waals surface area contributed by atoms with Crippen molar-refractivity contribution in [1.29, 1.82) is 5.26 Å². The van der Waals surface area contributed by atoms with Gasteiger partial charge < -0.3 is 44.0 Å². The van der Waals surface area contributed by atoms with Crippen LogP contribution in [0.25, 0.3) is 6.08 Å². The summed E-state index contributed by atoms with van der Waals surface area (Å²) in [5, 5.41) is 19.2. The molecular weight excluding hydrogens is 731 g/mol. The number of nitriles is 1. The van der Waals surface area contributed by atoms with Gasteiger partial charge in [-0.25, -0.2) is 0 Å². The fraction of sp³-hybridized carbons (Fsp3) is 0.700. The molecule has 1 saturated heterocycles. The van der Waals surface area contributed by atoms with Gasteiger partial charge in [0.25, 0.3) is 5.91 Å². The maximum absolute atomic E-state index is 13.2. The Morgan fingerprint density at radius 2 is 1.53 bits per heavy atom. The molecule has 1 radical (unpaired) electrons. The molecule has 253 valence electrons. The van der Waals surface area contributed by atoms with Gasteiger partial charge in [-0.2, -0.15) is 16.8 Å². The average molecular weight is 777 g/mol. The second-order valence-corrected chi connectivity index (χ2v) is 10.7. The standard InChI is InChI=1S/C30H45N6O8.Tb/c1-35-7-4-28(34-35)19-25(20-31)30(39)36-21-26(24-2-3-24)18-27(22-36)29(38)33-6-9-41-11-13-43-15-17-44-16-14-42-12-10-40-8-5-32-23-37;/h4,7,19,24,26-27H,2-3,5-6,8-18,21-22H2,1H3,(H,32,37)(H,33,38);/q-1;/b25-19+;. The number of aromatic nitrogens is 2. The summed E-state index contributed by atoms with van der Waals surface area (Å²) in [6.07, 6.45) is 7.80. The van der Waals surface area contributed by atoms with Crippen molar-refractivity contribution >= 4 is 24.3 Å². The number of piperidine rings is 1. The zero-order valence-corrected chi connectivity index (χ0v) is 28.0. The smallest absolute Gasteiger partial charge is 0.264 e. The summed E-state index contributed by atoms with van der Waals surface area (Å²) in [7, 11) is 1.77. The molecule has 0 spiro atoms. The van der Waals surface area contributed by atoms with Gasteiger partial charge >= 0.3 is 0 Å². The number of likely N-dealkylation sites (tertiary alicyclic amines) is 1. The van der Waals surface area contributed by atoms with Crippen LogP contribution in [0.15, 0.2) is 17.8 Å². The minimum Gasteiger partial charge on any atom is -0.528 e. The van der Waals surface area contributed by atoms with Crippen LogP contribution in [-0.2, 0) is 45.1 Å². The van der Waals surface area contributed by atoms with Crippen molar-refractivity contribution in [2.75, 3.05) is 92.2 Å². The molecular formula is C30H45N6O8Tb-. The zero-order chi connectivity index (χ0) is 31.4. The van der Waals surface area contributed by atoms with E-state index in [1.54, 1.807) is 35.3 Å². The van der Waals surface area contributed by atoms with Crippen LogP contribution in [0.1, 0.15) is 25.0 Å². The Hall–Kier alpha value is -2.06. The largest absolute Gasteiger partial charge is 0.528 e. The molecule has 2 fully saturated rings. The van der Waals surface area contributed by atoms with Crippen molar-refractivity contribution in [1.82, 2.24) is 25.3 Å². The summed E-state index contributed by atoms with van der Waals surface area (Å²) in [5.74, 6) is 0.00252. The maximum Gasteiger partial charge on any atom is 0.264 e. The zero-order valence-electron chi connectivity index (χ0n) is 25.9. The normalized spacial score (nSPS) is 18.1. The number of hydrogen-bond acceptors (Lipinski definition) is 10.